The minimum atomic E-state index is 0.254. The van der Waals surface area contributed by atoms with Gasteiger partial charge in [0.1, 0.15) is 0 Å². The molecule has 0 saturated carbocycles. The van der Waals surface area contributed by atoms with E-state index in [-0.39, 0.29) is 6.04 Å². The van der Waals surface area contributed by atoms with Gasteiger partial charge in [-0.1, -0.05) is 29.3 Å². The molecule has 2 nitrogen and oxygen atoms in total. The van der Waals surface area contributed by atoms with E-state index in [1.54, 1.807) is 0 Å². The first-order chi connectivity index (χ1) is 6.69. The van der Waals surface area contributed by atoms with Crippen LogP contribution in [-0.4, -0.2) is 0 Å². The van der Waals surface area contributed by atoms with Crippen LogP contribution < -0.4 is 11.3 Å². The Labute approximate surface area is 107 Å². The quantitative estimate of drug-likeness (QED) is 0.486. The number of hydrazine groups is 1. The topological polar surface area (TPSA) is 38.0 Å². The largest absolute Gasteiger partial charge is 0.271 e. The summed E-state index contributed by atoms with van der Waals surface area (Å²) in [6, 6.07) is 6.52. The zero-order valence-corrected chi connectivity index (χ0v) is 11.8. The summed E-state index contributed by atoms with van der Waals surface area (Å²) in [5.74, 6) is 5.54. The molecule has 0 spiro atoms. The van der Waals surface area contributed by atoms with Crippen LogP contribution >= 0.6 is 38.5 Å². The molecular weight excluding hydrogens is 355 g/mol. The highest BCUT2D eigenvalue weighted by molar-refractivity contribution is 14.1. The van der Waals surface area contributed by atoms with E-state index in [2.05, 4.69) is 63.0 Å². The Morgan fingerprint density at radius 1 is 1.57 bits per heavy atom. The summed E-state index contributed by atoms with van der Waals surface area (Å²) in [6.45, 7) is 2.16. The molecule has 78 valence electrons. The van der Waals surface area contributed by atoms with E-state index < -0.39 is 0 Å². The van der Waals surface area contributed by atoms with Crippen LogP contribution in [0, 0.1) is 3.57 Å². The molecule has 4 heteroatoms. The maximum Gasteiger partial charge on any atom is 0.0470 e. The molecular formula is C10H14BrIN2. The number of hydrogen-bond acceptors (Lipinski definition) is 2. The average Bonchev–Trinajstić information content (AvgIpc) is 2.18. The van der Waals surface area contributed by atoms with E-state index in [0.717, 1.165) is 17.3 Å². The number of benzene rings is 1. The van der Waals surface area contributed by atoms with Gasteiger partial charge in [0.15, 0.2) is 0 Å². The predicted octanol–water partition coefficient (Wildman–Crippen LogP) is 3.36. The maximum atomic E-state index is 5.54. The minimum absolute atomic E-state index is 0.254. The number of rotatable bonds is 4. The van der Waals surface area contributed by atoms with Gasteiger partial charge in [-0.3, -0.25) is 11.3 Å². The standard InChI is InChI=1S/C10H14BrIN2/c1-2-3-10(14-13)8-6-7(11)4-5-9(8)12/h4-6,10,14H,2-3,13H2,1H3. The van der Waals surface area contributed by atoms with Crippen LogP contribution in [0.3, 0.4) is 0 Å². The fourth-order valence-corrected chi connectivity index (χ4v) is 2.49. The first-order valence-electron chi connectivity index (χ1n) is 4.60. The van der Waals surface area contributed by atoms with Gasteiger partial charge in [0.25, 0.3) is 0 Å². The first kappa shape index (κ1) is 12.4. The Kier molecular flexibility index (Phi) is 5.36. The Balaban J connectivity index is 2.96. The minimum Gasteiger partial charge on any atom is -0.271 e. The Morgan fingerprint density at radius 3 is 2.86 bits per heavy atom. The molecule has 3 N–H and O–H groups in total. The summed E-state index contributed by atoms with van der Waals surface area (Å²) in [6.07, 6.45) is 2.18. The van der Waals surface area contributed by atoms with Crippen LogP contribution in [0.4, 0.5) is 0 Å². The molecule has 0 bridgehead atoms. The lowest BCUT2D eigenvalue weighted by molar-refractivity contribution is 0.508. The number of nitrogens with two attached hydrogens (primary N) is 1. The Bertz CT molecular complexity index is 304. The fraction of sp³-hybridized carbons (Fsp3) is 0.400. The molecule has 1 rings (SSSR count). The second kappa shape index (κ2) is 6.05. The molecule has 0 fully saturated rings. The van der Waals surface area contributed by atoms with Crippen molar-refractivity contribution in [1.82, 2.24) is 5.43 Å². The molecule has 0 aliphatic heterocycles. The third-order valence-electron chi connectivity index (χ3n) is 2.11. The molecule has 0 radical (unpaired) electrons. The molecule has 0 heterocycles. The summed E-state index contributed by atoms with van der Waals surface area (Å²) >= 11 is 5.81. The molecule has 0 aromatic heterocycles. The van der Waals surface area contributed by atoms with E-state index in [9.17, 15) is 0 Å². The summed E-state index contributed by atoms with van der Waals surface area (Å²) in [5.41, 5.74) is 4.13. The zero-order chi connectivity index (χ0) is 10.6. The second-order valence-corrected chi connectivity index (χ2v) is 5.25. The average molecular weight is 369 g/mol. The van der Waals surface area contributed by atoms with Crippen molar-refractivity contribution in [3.8, 4) is 0 Å². The number of hydrogen-bond donors (Lipinski definition) is 2. The van der Waals surface area contributed by atoms with Crippen molar-refractivity contribution < 1.29 is 0 Å². The van der Waals surface area contributed by atoms with Crippen molar-refractivity contribution >= 4 is 38.5 Å². The van der Waals surface area contributed by atoms with E-state index in [0.29, 0.717) is 0 Å². The third-order valence-corrected chi connectivity index (χ3v) is 3.59. The van der Waals surface area contributed by atoms with Crippen molar-refractivity contribution in [2.24, 2.45) is 5.84 Å². The highest BCUT2D eigenvalue weighted by Crippen LogP contribution is 2.26. The van der Waals surface area contributed by atoms with Crippen LogP contribution in [0.2, 0.25) is 0 Å². The van der Waals surface area contributed by atoms with Gasteiger partial charge in [-0.2, -0.15) is 0 Å². The van der Waals surface area contributed by atoms with E-state index >= 15 is 0 Å². The monoisotopic (exact) mass is 368 g/mol. The lowest BCUT2D eigenvalue weighted by Crippen LogP contribution is -2.28. The summed E-state index contributed by atoms with van der Waals surface area (Å²) in [4.78, 5) is 0. The van der Waals surface area contributed by atoms with E-state index in [4.69, 9.17) is 5.84 Å². The van der Waals surface area contributed by atoms with Crippen molar-refractivity contribution in [2.45, 2.75) is 25.8 Å². The van der Waals surface area contributed by atoms with Crippen molar-refractivity contribution in [3.05, 3.63) is 31.8 Å². The van der Waals surface area contributed by atoms with Crippen LogP contribution in [0.5, 0.6) is 0 Å². The molecule has 1 unspecified atom stereocenters. The van der Waals surface area contributed by atoms with Gasteiger partial charge < -0.3 is 0 Å². The molecule has 1 aromatic carbocycles. The lowest BCUT2D eigenvalue weighted by atomic mass is 10.0. The Morgan fingerprint density at radius 2 is 2.29 bits per heavy atom. The van der Waals surface area contributed by atoms with Gasteiger partial charge in [-0.15, -0.1) is 0 Å². The molecule has 1 aromatic rings. The summed E-state index contributed by atoms with van der Waals surface area (Å²) in [7, 11) is 0. The summed E-state index contributed by atoms with van der Waals surface area (Å²) < 4.78 is 2.35. The van der Waals surface area contributed by atoms with Gasteiger partial charge in [-0.05, 0) is 52.8 Å². The van der Waals surface area contributed by atoms with Gasteiger partial charge in [-0.25, -0.2) is 0 Å². The second-order valence-electron chi connectivity index (χ2n) is 3.17. The van der Waals surface area contributed by atoms with Crippen LogP contribution in [0.1, 0.15) is 31.4 Å². The zero-order valence-electron chi connectivity index (χ0n) is 8.06. The molecule has 14 heavy (non-hydrogen) atoms. The number of halogens is 2. The van der Waals surface area contributed by atoms with Gasteiger partial charge >= 0.3 is 0 Å². The van der Waals surface area contributed by atoms with Crippen molar-refractivity contribution in [1.29, 1.82) is 0 Å². The highest BCUT2D eigenvalue weighted by Gasteiger charge is 2.11. The molecule has 0 amide bonds. The van der Waals surface area contributed by atoms with Crippen molar-refractivity contribution in [2.75, 3.05) is 0 Å². The van der Waals surface area contributed by atoms with Gasteiger partial charge in [0.05, 0.1) is 0 Å². The molecule has 0 saturated heterocycles. The maximum absolute atomic E-state index is 5.54. The number of nitrogens with one attached hydrogen (secondary N) is 1. The first-order valence-corrected chi connectivity index (χ1v) is 6.47. The van der Waals surface area contributed by atoms with Crippen LogP contribution in [0.15, 0.2) is 22.7 Å². The molecule has 1 atom stereocenters. The normalized spacial score (nSPS) is 12.9. The highest BCUT2D eigenvalue weighted by atomic mass is 127. The SMILES string of the molecule is CCCC(NN)c1cc(Br)ccc1I. The molecule has 0 aliphatic rings. The third kappa shape index (κ3) is 3.18. The smallest absolute Gasteiger partial charge is 0.0470 e. The summed E-state index contributed by atoms with van der Waals surface area (Å²) in [5, 5.41) is 0. The van der Waals surface area contributed by atoms with Crippen LogP contribution in [-0.2, 0) is 0 Å². The van der Waals surface area contributed by atoms with Gasteiger partial charge in [0, 0.05) is 14.1 Å². The fourth-order valence-electron chi connectivity index (χ4n) is 1.40. The van der Waals surface area contributed by atoms with Crippen LogP contribution in [0.25, 0.3) is 0 Å². The van der Waals surface area contributed by atoms with E-state index in [1.807, 2.05) is 6.07 Å². The van der Waals surface area contributed by atoms with E-state index in [1.165, 1.54) is 9.13 Å². The Hall–Kier alpha value is 0.350. The molecule has 0 aliphatic carbocycles. The lowest BCUT2D eigenvalue weighted by Gasteiger charge is -2.17. The van der Waals surface area contributed by atoms with Crippen molar-refractivity contribution in [3.63, 3.8) is 0 Å². The predicted molar refractivity (Wildman–Crippen MR) is 71.8 cm³/mol. The van der Waals surface area contributed by atoms with Gasteiger partial charge in [0.2, 0.25) is 0 Å².